The normalized spacial score (nSPS) is 16.3. The Kier molecular flexibility index (Phi) is 8.97. The van der Waals surface area contributed by atoms with Gasteiger partial charge in [-0.25, -0.2) is 0 Å². The van der Waals surface area contributed by atoms with Crippen LogP contribution in [0.5, 0.6) is 5.75 Å². The third-order valence-corrected chi connectivity index (χ3v) is 8.89. The molecule has 4 rings (SSSR count). The molecule has 3 aromatic carbocycles. The highest BCUT2D eigenvalue weighted by atomic mass is 31.1. The second kappa shape index (κ2) is 12.1. The van der Waals surface area contributed by atoms with Crippen LogP contribution in [-0.4, -0.2) is 19.4 Å². The van der Waals surface area contributed by atoms with Gasteiger partial charge >= 0.3 is 0 Å². The molecule has 0 aliphatic heterocycles. The molecule has 0 radical (unpaired) electrons. The first kappa shape index (κ1) is 29.0. The number of nitrogens with zero attached hydrogens (tertiary/aromatic N) is 1. The lowest BCUT2D eigenvalue weighted by atomic mass is 9.80. The van der Waals surface area contributed by atoms with Gasteiger partial charge in [-0.3, -0.25) is 4.99 Å². The number of hydrogen-bond donors (Lipinski definition) is 0. The Balaban J connectivity index is 1.87. The van der Waals surface area contributed by atoms with Crippen LogP contribution in [0.2, 0.25) is 0 Å². The van der Waals surface area contributed by atoms with Crippen LogP contribution in [0.15, 0.2) is 90.0 Å². The van der Waals surface area contributed by atoms with Crippen LogP contribution < -0.4 is 15.3 Å². The van der Waals surface area contributed by atoms with Crippen molar-refractivity contribution >= 4 is 24.9 Å². The molecule has 0 aromatic heterocycles. The van der Waals surface area contributed by atoms with Crippen LogP contribution >= 0.6 is 8.58 Å². The minimum Gasteiger partial charge on any atom is -0.492 e. The predicted octanol–water partition coefficient (Wildman–Crippen LogP) is 8.20. The summed E-state index contributed by atoms with van der Waals surface area (Å²) in [6, 6.07) is 21.9. The largest absolute Gasteiger partial charge is 0.492 e. The molecule has 3 heteroatoms. The van der Waals surface area contributed by atoms with Gasteiger partial charge in [-0.1, -0.05) is 129 Å². The molecule has 0 amide bonds. The molecule has 0 saturated heterocycles. The molecule has 3 aromatic rings. The fourth-order valence-electron chi connectivity index (χ4n) is 4.98. The van der Waals surface area contributed by atoms with E-state index in [1.807, 2.05) is 7.05 Å². The minimum atomic E-state index is -0.0488. The van der Waals surface area contributed by atoms with Crippen molar-refractivity contribution < 1.29 is 4.74 Å². The van der Waals surface area contributed by atoms with E-state index in [0.29, 0.717) is 21.1 Å². The van der Waals surface area contributed by atoms with Gasteiger partial charge in [-0.2, -0.15) is 0 Å². The Hall–Kier alpha value is -2.96. The molecule has 2 unspecified atom stereocenters. The Morgan fingerprint density at radius 2 is 1.67 bits per heavy atom. The summed E-state index contributed by atoms with van der Waals surface area (Å²) in [4.78, 5) is 4.78. The fourth-order valence-corrected chi connectivity index (χ4v) is 6.41. The van der Waals surface area contributed by atoms with Crippen molar-refractivity contribution in [2.45, 2.75) is 65.7 Å². The van der Waals surface area contributed by atoms with Crippen LogP contribution in [0.4, 0.5) is 0 Å². The zero-order valence-corrected chi connectivity index (χ0v) is 25.9. The first-order valence-corrected chi connectivity index (χ1v) is 15.0. The number of benzene rings is 3. The number of rotatable bonds is 7. The Morgan fingerprint density at radius 1 is 0.923 bits per heavy atom. The maximum absolute atomic E-state index is 6.82. The SMILES string of the molecule is C/N=C(\c1ccccc1)c1cccc(C)c1Pc1cc(C(C)(C)C)cc(C(C)(C)C)c1OCC1C=CC=CC1. The van der Waals surface area contributed by atoms with Crippen molar-refractivity contribution in [3.8, 4) is 5.75 Å². The third-order valence-electron chi connectivity index (χ3n) is 7.33. The van der Waals surface area contributed by atoms with Gasteiger partial charge in [0.2, 0.25) is 0 Å². The van der Waals surface area contributed by atoms with E-state index in [4.69, 9.17) is 9.73 Å². The zero-order chi connectivity index (χ0) is 28.2. The summed E-state index contributed by atoms with van der Waals surface area (Å²) in [7, 11) is 2.34. The summed E-state index contributed by atoms with van der Waals surface area (Å²) in [6.45, 7) is 16.7. The van der Waals surface area contributed by atoms with E-state index in [2.05, 4.69) is 133 Å². The predicted molar refractivity (Wildman–Crippen MR) is 172 cm³/mol. The van der Waals surface area contributed by atoms with E-state index >= 15 is 0 Å². The van der Waals surface area contributed by atoms with Crippen molar-refractivity contribution in [1.29, 1.82) is 0 Å². The first-order valence-electron chi connectivity index (χ1n) is 14.0. The Bertz CT molecular complexity index is 1380. The zero-order valence-electron chi connectivity index (χ0n) is 24.9. The average Bonchev–Trinajstić information content (AvgIpc) is 2.90. The third kappa shape index (κ3) is 6.98. The highest BCUT2D eigenvalue weighted by Gasteiger charge is 2.27. The first-order chi connectivity index (χ1) is 18.5. The van der Waals surface area contributed by atoms with Crippen LogP contribution in [0.1, 0.15) is 75.8 Å². The van der Waals surface area contributed by atoms with Gasteiger partial charge in [-0.15, -0.1) is 0 Å². The molecule has 2 nitrogen and oxygen atoms in total. The quantitative estimate of drug-likeness (QED) is 0.220. The van der Waals surface area contributed by atoms with E-state index in [1.165, 1.54) is 32.9 Å². The van der Waals surface area contributed by atoms with Crippen molar-refractivity contribution in [2.24, 2.45) is 10.9 Å². The van der Waals surface area contributed by atoms with Crippen LogP contribution in [0, 0.1) is 12.8 Å². The Labute approximate surface area is 238 Å². The van der Waals surface area contributed by atoms with Gasteiger partial charge in [-0.05, 0) is 46.7 Å². The summed E-state index contributed by atoms with van der Waals surface area (Å²) in [5.41, 5.74) is 7.28. The van der Waals surface area contributed by atoms with Gasteiger partial charge in [0.1, 0.15) is 5.75 Å². The number of allylic oxidation sites excluding steroid dienone is 3. The molecule has 0 fully saturated rings. The molecule has 0 heterocycles. The van der Waals surface area contributed by atoms with Gasteiger partial charge in [0, 0.05) is 35.0 Å². The number of aliphatic imine (C=N–C) groups is 1. The second-order valence-corrected chi connectivity index (χ2v) is 13.9. The van der Waals surface area contributed by atoms with Crippen molar-refractivity contribution in [1.82, 2.24) is 0 Å². The molecule has 1 aliphatic carbocycles. The van der Waals surface area contributed by atoms with E-state index in [0.717, 1.165) is 23.4 Å². The molecule has 0 N–H and O–H groups in total. The molecule has 0 bridgehead atoms. The average molecular weight is 538 g/mol. The number of aryl methyl sites for hydroxylation is 1. The van der Waals surface area contributed by atoms with Gasteiger partial charge in [0.25, 0.3) is 0 Å². The fraction of sp³-hybridized carbons (Fsp3) is 0.361. The summed E-state index contributed by atoms with van der Waals surface area (Å²) in [5, 5.41) is 2.61. The second-order valence-electron chi connectivity index (χ2n) is 12.6. The maximum Gasteiger partial charge on any atom is 0.130 e. The standard InChI is InChI=1S/C36H44NOP/c1-25-16-15-21-29(32(37-8)27-19-13-10-14-20-27)34(25)39-31-23-28(35(2,3)4)22-30(36(5,6)7)33(31)38-24-26-17-11-9-12-18-26/h9-17,19-23,26,39H,18,24H2,1-8H3/b37-32+. The molecule has 1 aliphatic rings. The summed E-state index contributed by atoms with van der Waals surface area (Å²) in [6.07, 6.45) is 9.79. The minimum absolute atomic E-state index is 0.0311. The molecule has 0 spiro atoms. The summed E-state index contributed by atoms with van der Waals surface area (Å²) >= 11 is 0. The molecule has 2 atom stereocenters. The van der Waals surface area contributed by atoms with Crippen LogP contribution in [-0.2, 0) is 10.8 Å². The number of hydrogen-bond acceptors (Lipinski definition) is 2. The lowest BCUT2D eigenvalue weighted by Gasteiger charge is -2.30. The summed E-state index contributed by atoms with van der Waals surface area (Å²) in [5.74, 6) is 1.45. The number of ether oxygens (including phenoxy) is 1. The van der Waals surface area contributed by atoms with E-state index < -0.39 is 0 Å². The van der Waals surface area contributed by atoms with Crippen molar-refractivity contribution in [3.05, 3.63) is 113 Å². The van der Waals surface area contributed by atoms with E-state index in [9.17, 15) is 0 Å². The summed E-state index contributed by atoms with van der Waals surface area (Å²) < 4.78 is 6.82. The van der Waals surface area contributed by atoms with Gasteiger partial charge < -0.3 is 4.74 Å². The van der Waals surface area contributed by atoms with Gasteiger partial charge in [0.05, 0.1) is 12.3 Å². The van der Waals surface area contributed by atoms with E-state index in [-0.39, 0.29) is 10.8 Å². The van der Waals surface area contributed by atoms with Crippen molar-refractivity contribution in [2.75, 3.05) is 13.7 Å². The lowest BCUT2D eigenvalue weighted by Crippen LogP contribution is -2.25. The molecular formula is C36H44NOP. The highest BCUT2D eigenvalue weighted by molar-refractivity contribution is 7.56. The topological polar surface area (TPSA) is 21.6 Å². The van der Waals surface area contributed by atoms with Crippen LogP contribution in [0.3, 0.4) is 0 Å². The monoisotopic (exact) mass is 537 g/mol. The smallest absolute Gasteiger partial charge is 0.130 e. The van der Waals surface area contributed by atoms with Crippen molar-refractivity contribution in [3.63, 3.8) is 0 Å². The molecule has 39 heavy (non-hydrogen) atoms. The van der Waals surface area contributed by atoms with E-state index in [1.54, 1.807) is 0 Å². The molecule has 0 saturated carbocycles. The Morgan fingerprint density at radius 3 is 2.28 bits per heavy atom. The maximum atomic E-state index is 6.82. The molecule has 204 valence electrons. The van der Waals surface area contributed by atoms with Crippen LogP contribution in [0.25, 0.3) is 0 Å². The molecular weight excluding hydrogens is 493 g/mol. The highest BCUT2D eigenvalue weighted by Crippen LogP contribution is 2.38. The van der Waals surface area contributed by atoms with Gasteiger partial charge in [0.15, 0.2) is 0 Å². The lowest BCUT2D eigenvalue weighted by molar-refractivity contribution is 0.271.